The molecule has 0 aliphatic carbocycles. The van der Waals surface area contributed by atoms with Crippen LogP contribution in [0, 0.1) is 6.92 Å². The van der Waals surface area contributed by atoms with Crippen molar-refractivity contribution < 1.29 is 0 Å². The lowest BCUT2D eigenvalue weighted by atomic mass is 10.0. The molecule has 0 radical (unpaired) electrons. The van der Waals surface area contributed by atoms with Gasteiger partial charge in [0.1, 0.15) is 0 Å². The van der Waals surface area contributed by atoms with Gasteiger partial charge in [-0.05, 0) is 25.5 Å². The van der Waals surface area contributed by atoms with E-state index in [0.29, 0.717) is 0 Å². The molecule has 1 aromatic carbocycles. The third kappa shape index (κ3) is 1.96. The Balaban J connectivity index is 3.31. The molecule has 2 N–H and O–H groups in total. The van der Waals surface area contributed by atoms with Gasteiger partial charge in [-0.15, -0.1) is 0 Å². The topological polar surface area (TPSA) is 38.4 Å². The summed E-state index contributed by atoms with van der Waals surface area (Å²) >= 11 is 0. The van der Waals surface area contributed by atoms with Gasteiger partial charge >= 0.3 is 0 Å². The zero-order chi connectivity index (χ0) is 9.84. The molecular weight excluding hydrogens is 160 g/mol. The Morgan fingerprint density at radius 2 is 2.23 bits per heavy atom. The van der Waals surface area contributed by atoms with E-state index >= 15 is 0 Å². The molecule has 0 atom stereocenters. The summed E-state index contributed by atoms with van der Waals surface area (Å²) in [5.74, 6) is 5.23. The fraction of sp³-hybridized carbons (Fsp3) is 0.182. The first-order chi connectivity index (χ1) is 6.19. The van der Waals surface area contributed by atoms with Gasteiger partial charge in [0.05, 0.1) is 5.71 Å². The number of nitrogens with zero attached hydrogens (tertiary/aromatic N) is 1. The monoisotopic (exact) mass is 174 g/mol. The Morgan fingerprint density at radius 1 is 1.54 bits per heavy atom. The largest absolute Gasteiger partial charge is 0.323 e. The third-order valence-corrected chi connectivity index (χ3v) is 2.01. The van der Waals surface area contributed by atoms with Gasteiger partial charge in [-0.3, -0.25) is 0 Å². The van der Waals surface area contributed by atoms with Crippen LogP contribution in [0.3, 0.4) is 0 Å². The minimum absolute atomic E-state index is 0.832. The summed E-state index contributed by atoms with van der Waals surface area (Å²) in [5.41, 5.74) is 4.15. The van der Waals surface area contributed by atoms with Gasteiger partial charge in [-0.2, -0.15) is 5.10 Å². The minimum atomic E-state index is 0.832. The Morgan fingerprint density at radius 3 is 2.77 bits per heavy atom. The SMILES string of the molecule is C=Cc1ccc(C)cc1/C(C)=N\N. The first-order valence-corrected chi connectivity index (χ1v) is 4.17. The summed E-state index contributed by atoms with van der Waals surface area (Å²) in [7, 11) is 0. The molecule has 2 nitrogen and oxygen atoms in total. The second-order valence-corrected chi connectivity index (χ2v) is 3.01. The van der Waals surface area contributed by atoms with E-state index in [1.807, 2.05) is 32.1 Å². The Labute approximate surface area is 78.8 Å². The second kappa shape index (κ2) is 3.90. The van der Waals surface area contributed by atoms with E-state index in [-0.39, 0.29) is 0 Å². The number of hydrogen-bond donors (Lipinski definition) is 1. The molecule has 0 aromatic heterocycles. The van der Waals surface area contributed by atoms with E-state index < -0.39 is 0 Å². The predicted molar refractivity (Wildman–Crippen MR) is 57.7 cm³/mol. The maximum atomic E-state index is 5.23. The highest BCUT2D eigenvalue weighted by Crippen LogP contribution is 2.13. The van der Waals surface area contributed by atoms with Crippen LogP contribution in [0.2, 0.25) is 0 Å². The summed E-state index contributed by atoms with van der Waals surface area (Å²) in [4.78, 5) is 0. The van der Waals surface area contributed by atoms with Crippen LogP contribution in [0.1, 0.15) is 23.6 Å². The van der Waals surface area contributed by atoms with E-state index in [4.69, 9.17) is 5.84 Å². The van der Waals surface area contributed by atoms with Gasteiger partial charge in [0.25, 0.3) is 0 Å². The zero-order valence-electron chi connectivity index (χ0n) is 8.04. The number of hydrogen-bond acceptors (Lipinski definition) is 2. The standard InChI is InChI=1S/C11H14N2/c1-4-10-6-5-8(2)7-11(10)9(3)13-12/h4-7H,1,12H2,2-3H3/b13-9-. The van der Waals surface area contributed by atoms with Crippen LogP contribution < -0.4 is 5.84 Å². The number of rotatable bonds is 2. The molecular formula is C11H14N2. The van der Waals surface area contributed by atoms with Crippen LogP contribution in [0.5, 0.6) is 0 Å². The van der Waals surface area contributed by atoms with Crippen molar-refractivity contribution in [3.63, 3.8) is 0 Å². The van der Waals surface area contributed by atoms with Gasteiger partial charge in [0.15, 0.2) is 0 Å². The molecule has 0 saturated heterocycles. The molecule has 2 heteroatoms. The first kappa shape index (κ1) is 9.52. The van der Waals surface area contributed by atoms with Crippen molar-refractivity contribution >= 4 is 11.8 Å². The highest BCUT2D eigenvalue weighted by atomic mass is 15.1. The fourth-order valence-electron chi connectivity index (χ4n) is 1.23. The van der Waals surface area contributed by atoms with Gasteiger partial charge in [-0.25, -0.2) is 0 Å². The lowest BCUT2D eigenvalue weighted by molar-refractivity contribution is 1.23. The van der Waals surface area contributed by atoms with E-state index in [2.05, 4.69) is 17.7 Å². The summed E-state index contributed by atoms with van der Waals surface area (Å²) in [6.45, 7) is 7.67. The lowest BCUT2D eigenvalue weighted by Crippen LogP contribution is -2.01. The molecule has 0 saturated carbocycles. The molecule has 1 aromatic rings. The van der Waals surface area contributed by atoms with Crippen LogP contribution in [0.15, 0.2) is 29.9 Å². The minimum Gasteiger partial charge on any atom is -0.323 e. The Hall–Kier alpha value is -1.57. The van der Waals surface area contributed by atoms with Crippen molar-refractivity contribution in [2.45, 2.75) is 13.8 Å². The molecule has 0 heterocycles. The van der Waals surface area contributed by atoms with Crippen LogP contribution in [-0.4, -0.2) is 5.71 Å². The van der Waals surface area contributed by atoms with Crippen molar-refractivity contribution in [3.8, 4) is 0 Å². The summed E-state index contributed by atoms with van der Waals surface area (Å²) in [5, 5.41) is 3.68. The van der Waals surface area contributed by atoms with Gasteiger partial charge < -0.3 is 5.84 Å². The van der Waals surface area contributed by atoms with Gasteiger partial charge in [0, 0.05) is 5.56 Å². The smallest absolute Gasteiger partial charge is 0.0647 e. The molecule has 0 spiro atoms. The van der Waals surface area contributed by atoms with Gasteiger partial charge in [0.2, 0.25) is 0 Å². The molecule has 0 bridgehead atoms. The van der Waals surface area contributed by atoms with Crippen LogP contribution in [0.25, 0.3) is 6.08 Å². The fourth-order valence-corrected chi connectivity index (χ4v) is 1.23. The first-order valence-electron chi connectivity index (χ1n) is 4.17. The molecule has 1 rings (SSSR count). The van der Waals surface area contributed by atoms with Crippen molar-refractivity contribution in [2.75, 3.05) is 0 Å². The normalized spacial score (nSPS) is 11.4. The molecule has 0 aliphatic heterocycles. The summed E-state index contributed by atoms with van der Waals surface area (Å²) in [6.07, 6.45) is 1.81. The maximum absolute atomic E-state index is 5.23. The number of benzene rings is 1. The Bertz CT molecular complexity index is 351. The van der Waals surface area contributed by atoms with Crippen LogP contribution >= 0.6 is 0 Å². The summed E-state index contributed by atoms with van der Waals surface area (Å²) in [6, 6.07) is 6.12. The molecule has 13 heavy (non-hydrogen) atoms. The van der Waals surface area contributed by atoms with E-state index in [9.17, 15) is 0 Å². The molecule has 0 aliphatic rings. The molecule has 0 amide bonds. The van der Waals surface area contributed by atoms with Crippen molar-refractivity contribution in [2.24, 2.45) is 10.9 Å². The van der Waals surface area contributed by atoms with E-state index in [0.717, 1.165) is 16.8 Å². The molecule has 0 fully saturated rings. The van der Waals surface area contributed by atoms with Crippen LogP contribution in [-0.2, 0) is 0 Å². The lowest BCUT2D eigenvalue weighted by Gasteiger charge is -2.05. The van der Waals surface area contributed by atoms with Gasteiger partial charge in [-0.1, -0.05) is 30.4 Å². The predicted octanol–water partition coefficient (Wildman–Crippen LogP) is 2.32. The highest BCUT2D eigenvalue weighted by Gasteiger charge is 2.02. The van der Waals surface area contributed by atoms with E-state index in [1.54, 1.807) is 0 Å². The highest BCUT2D eigenvalue weighted by molar-refractivity contribution is 6.01. The van der Waals surface area contributed by atoms with Crippen LogP contribution in [0.4, 0.5) is 0 Å². The molecule has 68 valence electrons. The number of hydrazone groups is 1. The zero-order valence-corrected chi connectivity index (χ0v) is 8.04. The quantitative estimate of drug-likeness (QED) is 0.417. The third-order valence-electron chi connectivity index (χ3n) is 2.01. The Kier molecular flexibility index (Phi) is 2.85. The van der Waals surface area contributed by atoms with Crippen molar-refractivity contribution in [3.05, 3.63) is 41.5 Å². The number of aryl methyl sites for hydroxylation is 1. The summed E-state index contributed by atoms with van der Waals surface area (Å²) < 4.78 is 0. The molecule has 0 unspecified atom stereocenters. The second-order valence-electron chi connectivity index (χ2n) is 3.01. The van der Waals surface area contributed by atoms with Crippen molar-refractivity contribution in [1.82, 2.24) is 0 Å². The maximum Gasteiger partial charge on any atom is 0.0647 e. The van der Waals surface area contributed by atoms with E-state index in [1.165, 1.54) is 5.56 Å². The number of nitrogens with two attached hydrogens (primary N) is 1. The van der Waals surface area contributed by atoms with Crippen molar-refractivity contribution in [1.29, 1.82) is 0 Å². The average molecular weight is 174 g/mol. The average Bonchev–Trinajstić information content (AvgIpc) is 2.16.